The van der Waals surface area contributed by atoms with Crippen molar-refractivity contribution in [2.75, 3.05) is 0 Å². The molecule has 0 fully saturated rings. The molecule has 0 atom stereocenters. The van der Waals surface area contributed by atoms with Gasteiger partial charge in [-0.1, -0.05) is 126 Å². The van der Waals surface area contributed by atoms with E-state index in [-0.39, 0.29) is 22.4 Å². The first-order valence-corrected chi connectivity index (χ1v) is 20.3. The quantitative estimate of drug-likeness (QED) is 0.160. The summed E-state index contributed by atoms with van der Waals surface area (Å²) in [6.07, 6.45) is -4.80. The summed E-state index contributed by atoms with van der Waals surface area (Å²) in [5.41, 5.74) is 11.5. The fourth-order valence-corrected chi connectivity index (χ4v) is 9.46. The van der Waals surface area contributed by atoms with E-state index in [4.69, 9.17) is 6.57 Å². The highest BCUT2D eigenvalue weighted by atomic mass is 19.4. The van der Waals surface area contributed by atoms with Crippen molar-refractivity contribution in [2.45, 2.75) is 33.9 Å². The second kappa shape index (κ2) is 14.4. The summed E-state index contributed by atoms with van der Waals surface area (Å²) in [5, 5.41) is 14.9. The topological polar surface area (TPSA) is 38.0 Å². The van der Waals surface area contributed by atoms with E-state index < -0.39 is 11.7 Å². The zero-order valence-corrected chi connectivity index (χ0v) is 34.4. The first-order chi connectivity index (χ1) is 29.9. The Labute approximate surface area is 356 Å². The van der Waals surface area contributed by atoms with Crippen LogP contribution in [-0.2, 0) is 6.18 Å². The molecule has 10 rings (SSSR count). The molecule has 0 spiro atoms. The molecule has 298 valence electrons. The molecule has 2 heterocycles. The van der Waals surface area contributed by atoms with Crippen LogP contribution in [0.15, 0.2) is 152 Å². The smallest absolute Gasteiger partial charge is 0.309 e. The van der Waals surface area contributed by atoms with E-state index in [1.165, 1.54) is 12.1 Å². The summed E-state index contributed by atoms with van der Waals surface area (Å²) >= 11 is 0. The Morgan fingerprint density at radius 3 is 1.53 bits per heavy atom. The Balaban J connectivity index is 1.36. The molecule has 2 aromatic heterocycles. The summed E-state index contributed by atoms with van der Waals surface area (Å²) < 4.78 is 50.1. The van der Waals surface area contributed by atoms with Crippen LogP contribution in [0.1, 0.15) is 33.4 Å². The molecule has 0 saturated carbocycles. The van der Waals surface area contributed by atoms with Crippen molar-refractivity contribution in [1.82, 2.24) is 9.13 Å². The molecule has 4 nitrogen and oxygen atoms in total. The Morgan fingerprint density at radius 2 is 1.03 bits per heavy atom. The minimum Gasteiger partial charge on any atom is -0.309 e. The van der Waals surface area contributed by atoms with Gasteiger partial charge in [0.25, 0.3) is 0 Å². The number of benzene rings is 8. The van der Waals surface area contributed by atoms with E-state index in [1.807, 2.05) is 57.7 Å². The summed E-state index contributed by atoms with van der Waals surface area (Å²) in [5.74, 6) is 0. The van der Waals surface area contributed by atoms with Crippen LogP contribution in [0.3, 0.4) is 0 Å². The lowest BCUT2D eigenvalue weighted by Gasteiger charge is -2.22. The highest BCUT2D eigenvalue weighted by molar-refractivity contribution is 6.12. The van der Waals surface area contributed by atoms with E-state index in [0.717, 1.165) is 94.2 Å². The molecule has 0 amide bonds. The number of hydrogen-bond acceptors (Lipinski definition) is 1. The third kappa shape index (κ3) is 6.05. The third-order valence-corrected chi connectivity index (χ3v) is 12.2. The summed E-state index contributed by atoms with van der Waals surface area (Å²) in [7, 11) is 0. The van der Waals surface area contributed by atoms with Gasteiger partial charge in [-0.25, -0.2) is 4.85 Å². The van der Waals surface area contributed by atoms with Crippen molar-refractivity contribution in [3.8, 4) is 50.8 Å². The molecule has 0 unspecified atom stereocenters. The molecule has 10 aromatic rings. The number of aromatic nitrogens is 2. The second-order valence-corrected chi connectivity index (χ2v) is 16.1. The van der Waals surface area contributed by atoms with Gasteiger partial charge in [0, 0.05) is 27.1 Å². The number of aryl methyl sites for hydroxylation is 4. The fraction of sp³-hybridized carbons (Fsp3) is 0.0909. The van der Waals surface area contributed by atoms with Crippen LogP contribution in [0.4, 0.5) is 18.9 Å². The van der Waals surface area contributed by atoms with E-state index in [0.29, 0.717) is 11.4 Å². The first-order valence-electron chi connectivity index (χ1n) is 20.3. The number of fused-ring (bicyclic) bond motifs is 6. The van der Waals surface area contributed by atoms with E-state index in [2.05, 4.69) is 111 Å². The molecular formula is C55H37F3N4. The van der Waals surface area contributed by atoms with Crippen LogP contribution in [-0.4, -0.2) is 9.13 Å². The van der Waals surface area contributed by atoms with Crippen molar-refractivity contribution in [1.29, 1.82) is 5.26 Å². The zero-order valence-electron chi connectivity index (χ0n) is 34.4. The molecule has 0 aliphatic carbocycles. The highest BCUT2D eigenvalue weighted by Gasteiger charge is 2.36. The maximum absolute atomic E-state index is 15.4. The maximum atomic E-state index is 15.4. The molecule has 0 saturated heterocycles. The number of nitrogens with zero attached hydrogens (tertiary/aromatic N) is 4. The van der Waals surface area contributed by atoms with Crippen LogP contribution in [0, 0.1) is 45.6 Å². The van der Waals surface area contributed by atoms with E-state index >= 15 is 13.2 Å². The Hall–Kier alpha value is -7.87. The number of nitriles is 1. The first kappa shape index (κ1) is 38.3. The number of para-hydroxylation sites is 2. The maximum Gasteiger partial charge on any atom is 0.415 e. The largest absolute Gasteiger partial charge is 0.415 e. The minimum atomic E-state index is -4.80. The standard InChI is InChI=1S/C55H37F3N4/c1-32-17-21-39(34(3)25-32)36-19-23-43-41-11-6-8-15-48(41)61(51(43)27-36)50-30-45(54-46(55(56,57)58)13-10-14-47(54)60-5)53(29-38(50)31-59)62-49-16-9-7-12-42(49)44-24-20-37(28-52(44)62)40-22-18-33(2)26-35(40)4/h6-30H,1-4H3. The van der Waals surface area contributed by atoms with Crippen molar-refractivity contribution >= 4 is 49.3 Å². The van der Waals surface area contributed by atoms with Crippen molar-refractivity contribution in [2.24, 2.45) is 0 Å². The lowest BCUT2D eigenvalue weighted by atomic mass is 9.93. The Kier molecular flexibility index (Phi) is 8.91. The second-order valence-electron chi connectivity index (χ2n) is 16.1. The van der Waals surface area contributed by atoms with Gasteiger partial charge >= 0.3 is 6.18 Å². The monoisotopic (exact) mass is 810 g/mol. The number of halogens is 3. The van der Waals surface area contributed by atoms with Crippen molar-refractivity contribution in [3.05, 3.63) is 196 Å². The van der Waals surface area contributed by atoms with Crippen LogP contribution in [0.2, 0.25) is 0 Å². The lowest BCUT2D eigenvalue weighted by molar-refractivity contribution is -0.137. The van der Waals surface area contributed by atoms with Gasteiger partial charge < -0.3 is 9.13 Å². The van der Waals surface area contributed by atoms with E-state index in [1.54, 1.807) is 12.1 Å². The number of alkyl halides is 3. The van der Waals surface area contributed by atoms with Crippen LogP contribution in [0.5, 0.6) is 0 Å². The lowest BCUT2D eigenvalue weighted by Crippen LogP contribution is -2.10. The molecule has 62 heavy (non-hydrogen) atoms. The van der Waals surface area contributed by atoms with Gasteiger partial charge in [-0.2, -0.15) is 18.4 Å². The van der Waals surface area contributed by atoms with Crippen LogP contribution >= 0.6 is 0 Å². The average molecular weight is 811 g/mol. The molecule has 0 bridgehead atoms. The van der Waals surface area contributed by atoms with Crippen LogP contribution in [0.25, 0.3) is 93.2 Å². The van der Waals surface area contributed by atoms with Gasteiger partial charge in [0.2, 0.25) is 0 Å². The van der Waals surface area contributed by atoms with Gasteiger partial charge in [-0.05, 0) is 103 Å². The van der Waals surface area contributed by atoms with Gasteiger partial charge in [0.15, 0.2) is 5.69 Å². The Morgan fingerprint density at radius 1 is 0.516 bits per heavy atom. The summed E-state index contributed by atoms with van der Waals surface area (Å²) in [6.45, 7) is 16.5. The van der Waals surface area contributed by atoms with Crippen molar-refractivity contribution < 1.29 is 13.2 Å². The summed E-state index contributed by atoms with van der Waals surface area (Å²) in [4.78, 5) is 3.70. The fourth-order valence-electron chi connectivity index (χ4n) is 9.46. The molecule has 0 radical (unpaired) electrons. The van der Waals surface area contributed by atoms with Gasteiger partial charge in [0.05, 0.1) is 51.1 Å². The SMILES string of the molecule is [C-]#[N+]c1cccc(C(F)(F)F)c1-c1cc(-n2c3ccccc3c3ccc(-c4ccc(C)cc4C)cc32)c(C#N)cc1-n1c2ccccc2c2ccc(-c3ccc(C)cc3C)cc21. The molecule has 7 heteroatoms. The van der Waals surface area contributed by atoms with Crippen molar-refractivity contribution in [3.63, 3.8) is 0 Å². The Bertz CT molecular complexity index is 3590. The molecule has 0 N–H and O–H groups in total. The molecule has 0 aliphatic rings. The predicted molar refractivity (Wildman–Crippen MR) is 246 cm³/mol. The normalized spacial score (nSPS) is 11.8. The minimum absolute atomic E-state index is 0.146. The zero-order chi connectivity index (χ0) is 43.0. The molecular weight excluding hydrogens is 774 g/mol. The molecule has 8 aromatic carbocycles. The van der Waals surface area contributed by atoms with Gasteiger partial charge in [0.1, 0.15) is 6.07 Å². The number of hydrogen-bond donors (Lipinski definition) is 0. The van der Waals surface area contributed by atoms with Gasteiger partial charge in [-0.15, -0.1) is 0 Å². The number of rotatable bonds is 5. The third-order valence-electron chi connectivity index (χ3n) is 12.2. The molecule has 0 aliphatic heterocycles. The highest BCUT2D eigenvalue weighted by Crippen LogP contribution is 2.48. The van der Waals surface area contributed by atoms with Crippen LogP contribution < -0.4 is 0 Å². The summed E-state index contributed by atoms with van der Waals surface area (Å²) in [6, 6.07) is 50.3. The van der Waals surface area contributed by atoms with E-state index in [9.17, 15) is 5.26 Å². The predicted octanol–water partition coefficient (Wildman–Crippen LogP) is 15.6. The average Bonchev–Trinajstić information content (AvgIpc) is 3.77. The van der Waals surface area contributed by atoms with Gasteiger partial charge in [-0.3, -0.25) is 0 Å².